The second kappa shape index (κ2) is 6.38. The van der Waals surface area contributed by atoms with Crippen LogP contribution < -0.4 is 5.32 Å². The number of hydrogen-bond acceptors (Lipinski definition) is 4. The van der Waals surface area contributed by atoms with Crippen LogP contribution in [0.5, 0.6) is 0 Å². The summed E-state index contributed by atoms with van der Waals surface area (Å²) in [6.07, 6.45) is 2.86. The third-order valence-corrected chi connectivity index (χ3v) is 2.84. The Morgan fingerprint density at radius 2 is 2.16 bits per heavy atom. The van der Waals surface area contributed by atoms with Crippen LogP contribution in [-0.4, -0.2) is 29.3 Å². The van der Waals surface area contributed by atoms with E-state index in [1.807, 2.05) is 0 Å². The first-order valence-electron chi connectivity index (χ1n) is 5.74. The van der Waals surface area contributed by atoms with Gasteiger partial charge in [0, 0.05) is 11.4 Å². The molecule has 0 radical (unpaired) electrons. The molecule has 104 valence electrons. The average molecular weight is 283 g/mol. The number of carbonyl (C=O) groups excluding carboxylic acids is 1. The van der Waals surface area contributed by atoms with Crippen LogP contribution in [0.25, 0.3) is 6.08 Å². The summed E-state index contributed by atoms with van der Waals surface area (Å²) in [5.74, 6) is -0.957. The lowest BCUT2D eigenvalue weighted by atomic mass is 10.2. The van der Waals surface area contributed by atoms with E-state index in [2.05, 4.69) is 5.32 Å². The van der Waals surface area contributed by atoms with E-state index >= 15 is 0 Å². The number of carbonyl (C=O) groups is 2. The molecule has 0 saturated heterocycles. The van der Waals surface area contributed by atoms with Gasteiger partial charge in [0.15, 0.2) is 0 Å². The maximum absolute atomic E-state index is 11.3. The van der Waals surface area contributed by atoms with Gasteiger partial charge in [-0.2, -0.15) is 0 Å². The van der Waals surface area contributed by atoms with Crippen LogP contribution in [0.15, 0.2) is 17.5 Å². The molecule has 0 fully saturated rings. The summed E-state index contributed by atoms with van der Waals surface area (Å²) >= 11 is 1.34. The standard InChI is InChI=1S/C13H17NO4S/c1-13(2,3)18-12(17)14-7-4-5-10-9(11(15)16)6-8-19-10/h4-6,8H,7H2,1-3H3,(H,14,17)(H,15,16). The van der Waals surface area contributed by atoms with Crippen LogP contribution in [0.2, 0.25) is 0 Å². The molecule has 0 atom stereocenters. The molecular weight excluding hydrogens is 266 g/mol. The number of hydrogen-bond donors (Lipinski definition) is 2. The van der Waals surface area contributed by atoms with E-state index in [1.165, 1.54) is 11.3 Å². The summed E-state index contributed by atoms with van der Waals surface area (Å²) in [6.45, 7) is 5.64. The van der Waals surface area contributed by atoms with Gasteiger partial charge in [0.1, 0.15) is 5.60 Å². The van der Waals surface area contributed by atoms with Gasteiger partial charge in [0.2, 0.25) is 0 Å². The first kappa shape index (κ1) is 15.2. The normalized spacial score (nSPS) is 11.5. The molecule has 0 aromatic carbocycles. The van der Waals surface area contributed by atoms with Crippen molar-refractivity contribution < 1.29 is 19.4 Å². The van der Waals surface area contributed by atoms with Crippen molar-refractivity contribution in [3.8, 4) is 0 Å². The molecule has 0 spiro atoms. The van der Waals surface area contributed by atoms with Gasteiger partial charge in [-0.05, 0) is 38.3 Å². The fourth-order valence-electron chi connectivity index (χ4n) is 1.25. The second-order valence-electron chi connectivity index (χ2n) is 4.79. The quantitative estimate of drug-likeness (QED) is 0.890. The molecule has 0 saturated carbocycles. The van der Waals surface area contributed by atoms with Crippen molar-refractivity contribution in [3.05, 3.63) is 28.0 Å². The number of alkyl carbamates (subject to hydrolysis) is 1. The van der Waals surface area contributed by atoms with Crippen LogP contribution >= 0.6 is 11.3 Å². The van der Waals surface area contributed by atoms with Crippen LogP contribution in [-0.2, 0) is 4.74 Å². The molecule has 5 nitrogen and oxygen atoms in total. The van der Waals surface area contributed by atoms with E-state index in [4.69, 9.17) is 9.84 Å². The Hall–Kier alpha value is -1.82. The number of rotatable bonds is 4. The molecule has 0 aliphatic heterocycles. The minimum atomic E-state index is -0.957. The molecule has 1 aromatic rings. The molecule has 1 amide bonds. The zero-order valence-corrected chi connectivity index (χ0v) is 11.9. The average Bonchev–Trinajstić information content (AvgIpc) is 2.70. The molecule has 0 bridgehead atoms. The third kappa shape index (κ3) is 5.56. The van der Waals surface area contributed by atoms with E-state index in [0.29, 0.717) is 4.88 Å². The number of nitrogens with one attached hydrogen (secondary N) is 1. The minimum absolute atomic E-state index is 0.263. The molecule has 2 N–H and O–H groups in total. The number of ether oxygens (including phenoxy) is 1. The fourth-order valence-corrected chi connectivity index (χ4v) is 2.06. The zero-order valence-electron chi connectivity index (χ0n) is 11.1. The lowest BCUT2D eigenvalue weighted by Crippen LogP contribution is -2.32. The molecule has 6 heteroatoms. The van der Waals surface area contributed by atoms with Gasteiger partial charge in [-0.1, -0.05) is 6.08 Å². The monoisotopic (exact) mass is 283 g/mol. The molecular formula is C13H17NO4S. The van der Waals surface area contributed by atoms with Crippen molar-refractivity contribution >= 4 is 29.5 Å². The van der Waals surface area contributed by atoms with E-state index < -0.39 is 17.7 Å². The Balaban J connectivity index is 2.45. The SMILES string of the molecule is CC(C)(C)OC(=O)NCC=Cc1sccc1C(=O)O. The number of amides is 1. The summed E-state index contributed by atoms with van der Waals surface area (Å²) in [7, 11) is 0. The number of aromatic carboxylic acids is 1. The third-order valence-electron chi connectivity index (χ3n) is 1.96. The number of carboxylic acids is 1. The lowest BCUT2D eigenvalue weighted by Gasteiger charge is -2.19. The Labute approximate surface area is 115 Å². The molecule has 19 heavy (non-hydrogen) atoms. The molecule has 0 aliphatic rings. The van der Waals surface area contributed by atoms with Crippen LogP contribution in [0.1, 0.15) is 36.0 Å². The highest BCUT2D eigenvalue weighted by Gasteiger charge is 2.15. The summed E-state index contributed by atoms with van der Waals surface area (Å²) in [5.41, 5.74) is -0.267. The second-order valence-corrected chi connectivity index (χ2v) is 5.74. The highest BCUT2D eigenvalue weighted by molar-refractivity contribution is 7.11. The molecule has 1 rings (SSSR count). The van der Waals surface area contributed by atoms with E-state index in [9.17, 15) is 9.59 Å². The van der Waals surface area contributed by atoms with Crippen molar-refractivity contribution in [1.29, 1.82) is 0 Å². The molecule has 1 aromatic heterocycles. The van der Waals surface area contributed by atoms with Gasteiger partial charge in [-0.25, -0.2) is 9.59 Å². The Bertz CT molecular complexity index is 485. The summed E-state index contributed by atoms with van der Waals surface area (Å²) < 4.78 is 5.06. The molecule has 0 aliphatic carbocycles. The highest BCUT2D eigenvalue weighted by Crippen LogP contribution is 2.18. The fraction of sp³-hybridized carbons (Fsp3) is 0.385. The Morgan fingerprint density at radius 1 is 1.47 bits per heavy atom. The van der Waals surface area contributed by atoms with E-state index in [-0.39, 0.29) is 12.1 Å². The van der Waals surface area contributed by atoms with Gasteiger partial charge in [-0.15, -0.1) is 11.3 Å². The predicted molar refractivity (Wildman–Crippen MR) is 74.5 cm³/mol. The van der Waals surface area contributed by atoms with Crippen LogP contribution in [0, 0.1) is 0 Å². The minimum Gasteiger partial charge on any atom is -0.478 e. The highest BCUT2D eigenvalue weighted by atomic mass is 32.1. The predicted octanol–water partition coefficient (Wildman–Crippen LogP) is 2.98. The summed E-state index contributed by atoms with van der Waals surface area (Å²) in [4.78, 5) is 22.9. The Kier molecular flexibility index (Phi) is 5.11. The topological polar surface area (TPSA) is 75.6 Å². The molecule has 1 heterocycles. The van der Waals surface area contributed by atoms with Crippen molar-refractivity contribution in [3.63, 3.8) is 0 Å². The van der Waals surface area contributed by atoms with Gasteiger partial charge in [-0.3, -0.25) is 0 Å². The van der Waals surface area contributed by atoms with Crippen molar-refractivity contribution in [2.24, 2.45) is 0 Å². The largest absolute Gasteiger partial charge is 0.478 e. The lowest BCUT2D eigenvalue weighted by molar-refractivity contribution is 0.0533. The summed E-state index contributed by atoms with van der Waals surface area (Å²) in [6, 6.07) is 1.55. The van der Waals surface area contributed by atoms with Gasteiger partial charge < -0.3 is 15.2 Å². The van der Waals surface area contributed by atoms with E-state index in [1.54, 1.807) is 44.4 Å². The first-order chi connectivity index (χ1) is 8.79. The Morgan fingerprint density at radius 3 is 2.74 bits per heavy atom. The van der Waals surface area contributed by atoms with E-state index in [0.717, 1.165) is 0 Å². The van der Waals surface area contributed by atoms with Gasteiger partial charge in [0.25, 0.3) is 0 Å². The van der Waals surface area contributed by atoms with Crippen molar-refractivity contribution in [2.45, 2.75) is 26.4 Å². The number of thiophene rings is 1. The van der Waals surface area contributed by atoms with Crippen molar-refractivity contribution in [2.75, 3.05) is 6.54 Å². The summed E-state index contributed by atoms with van der Waals surface area (Å²) in [5, 5.41) is 13.2. The van der Waals surface area contributed by atoms with Crippen LogP contribution in [0.3, 0.4) is 0 Å². The van der Waals surface area contributed by atoms with Crippen LogP contribution in [0.4, 0.5) is 4.79 Å². The maximum Gasteiger partial charge on any atom is 0.407 e. The maximum atomic E-state index is 11.3. The van der Waals surface area contributed by atoms with Crippen molar-refractivity contribution in [1.82, 2.24) is 5.32 Å². The first-order valence-corrected chi connectivity index (χ1v) is 6.62. The zero-order chi connectivity index (χ0) is 14.5. The molecule has 0 unspecified atom stereocenters. The number of carboxylic acid groups (broad SMARTS) is 1. The smallest absolute Gasteiger partial charge is 0.407 e. The van der Waals surface area contributed by atoms with Gasteiger partial charge >= 0.3 is 12.1 Å². The van der Waals surface area contributed by atoms with Gasteiger partial charge in [0.05, 0.1) is 5.56 Å².